The van der Waals surface area contributed by atoms with Crippen LogP contribution in [0.4, 0.5) is 17.1 Å². The van der Waals surface area contributed by atoms with Crippen molar-refractivity contribution in [3.05, 3.63) is 176 Å². The molecule has 0 saturated heterocycles. The summed E-state index contributed by atoms with van der Waals surface area (Å²) in [5.41, 5.74) is 8.28. The van der Waals surface area contributed by atoms with Crippen molar-refractivity contribution in [2.24, 2.45) is 0 Å². The molecule has 8 aromatic carbocycles. The van der Waals surface area contributed by atoms with E-state index in [0.717, 1.165) is 17.1 Å². The van der Waals surface area contributed by atoms with Crippen LogP contribution in [0.25, 0.3) is 54.6 Å². The Morgan fingerprint density at radius 1 is 0.302 bits per heavy atom. The SMILES string of the molecule is c1ccc(-c2ccc(N(c3ccc4ccccc4c3-c3ccc4ccccc4c3)c3cccc4ccccc34)cc2)cc1. The quantitative estimate of drug-likeness (QED) is 0.207. The Labute approximate surface area is 251 Å². The average molecular weight is 548 g/mol. The summed E-state index contributed by atoms with van der Waals surface area (Å²) in [7, 11) is 0. The van der Waals surface area contributed by atoms with Gasteiger partial charge in [-0.3, -0.25) is 0 Å². The lowest BCUT2D eigenvalue weighted by Gasteiger charge is -2.30. The molecule has 0 aromatic heterocycles. The Hall–Kier alpha value is -5.66. The summed E-state index contributed by atoms with van der Waals surface area (Å²) in [6.07, 6.45) is 0. The number of rotatable bonds is 5. The average Bonchev–Trinajstić information content (AvgIpc) is 3.09. The van der Waals surface area contributed by atoms with Gasteiger partial charge in [-0.1, -0.05) is 146 Å². The fraction of sp³-hybridized carbons (Fsp3) is 0. The van der Waals surface area contributed by atoms with Crippen molar-refractivity contribution in [1.82, 2.24) is 0 Å². The summed E-state index contributed by atoms with van der Waals surface area (Å²) in [5, 5.41) is 7.39. The van der Waals surface area contributed by atoms with Gasteiger partial charge in [0.2, 0.25) is 0 Å². The van der Waals surface area contributed by atoms with E-state index < -0.39 is 0 Å². The first kappa shape index (κ1) is 25.1. The van der Waals surface area contributed by atoms with Gasteiger partial charge in [-0.15, -0.1) is 0 Å². The van der Waals surface area contributed by atoms with E-state index in [0.29, 0.717) is 0 Å². The summed E-state index contributed by atoms with van der Waals surface area (Å²) >= 11 is 0. The molecule has 1 nitrogen and oxygen atoms in total. The molecule has 0 aliphatic carbocycles. The Bertz CT molecular complexity index is 2220. The monoisotopic (exact) mass is 547 g/mol. The van der Waals surface area contributed by atoms with Crippen LogP contribution in [0, 0.1) is 0 Å². The highest BCUT2D eigenvalue weighted by Crippen LogP contribution is 2.46. The molecular formula is C42H29N. The first-order valence-corrected chi connectivity index (χ1v) is 14.8. The second kappa shape index (κ2) is 10.6. The van der Waals surface area contributed by atoms with E-state index in [1.807, 2.05) is 0 Å². The van der Waals surface area contributed by atoms with Crippen LogP contribution in [-0.4, -0.2) is 0 Å². The predicted octanol–water partition coefficient (Wildman–Crippen LogP) is 11.9. The van der Waals surface area contributed by atoms with Gasteiger partial charge in [-0.25, -0.2) is 0 Å². The van der Waals surface area contributed by atoms with Crippen molar-refractivity contribution in [2.45, 2.75) is 0 Å². The molecule has 0 fully saturated rings. The van der Waals surface area contributed by atoms with E-state index in [4.69, 9.17) is 0 Å². The molecule has 0 aliphatic rings. The molecule has 0 atom stereocenters. The smallest absolute Gasteiger partial charge is 0.0546 e. The number of hydrogen-bond acceptors (Lipinski definition) is 1. The van der Waals surface area contributed by atoms with Crippen LogP contribution in [-0.2, 0) is 0 Å². The summed E-state index contributed by atoms with van der Waals surface area (Å²) in [5.74, 6) is 0. The topological polar surface area (TPSA) is 3.24 Å². The number of benzene rings is 8. The van der Waals surface area contributed by atoms with Crippen LogP contribution < -0.4 is 4.90 Å². The standard InChI is InChI=1S/C42H29N/c1-2-11-30(12-3-1)32-23-26-37(27-24-32)43(40-20-10-17-33-14-6-8-18-38(33)40)41-28-25-34-15-7-9-19-39(34)42(41)36-22-21-31-13-4-5-16-35(31)29-36/h1-29H. The molecule has 0 radical (unpaired) electrons. The maximum atomic E-state index is 2.44. The molecule has 8 rings (SSSR count). The minimum atomic E-state index is 1.12. The first-order valence-electron chi connectivity index (χ1n) is 14.8. The minimum absolute atomic E-state index is 1.12. The molecule has 0 heterocycles. The lowest BCUT2D eigenvalue weighted by Crippen LogP contribution is -2.12. The lowest BCUT2D eigenvalue weighted by molar-refractivity contribution is 1.30. The van der Waals surface area contributed by atoms with Gasteiger partial charge in [-0.2, -0.15) is 0 Å². The third kappa shape index (κ3) is 4.52. The lowest BCUT2D eigenvalue weighted by atomic mass is 9.93. The molecule has 202 valence electrons. The molecule has 0 saturated carbocycles. The van der Waals surface area contributed by atoms with Crippen molar-refractivity contribution < 1.29 is 0 Å². The van der Waals surface area contributed by atoms with Gasteiger partial charge in [0.05, 0.1) is 11.4 Å². The molecule has 1 heteroatoms. The summed E-state index contributed by atoms with van der Waals surface area (Å²) in [6.45, 7) is 0. The van der Waals surface area contributed by atoms with E-state index in [1.165, 1.54) is 54.6 Å². The number of fused-ring (bicyclic) bond motifs is 3. The van der Waals surface area contributed by atoms with Crippen molar-refractivity contribution in [3.63, 3.8) is 0 Å². The fourth-order valence-electron chi connectivity index (χ4n) is 6.34. The Kier molecular flexibility index (Phi) is 6.20. The maximum absolute atomic E-state index is 2.44. The molecule has 0 N–H and O–H groups in total. The van der Waals surface area contributed by atoms with Crippen LogP contribution in [0.15, 0.2) is 176 Å². The number of nitrogens with zero attached hydrogens (tertiary/aromatic N) is 1. The largest absolute Gasteiger partial charge is 0.309 e. The molecule has 0 spiro atoms. The second-order valence-electron chi connectivity index (χ2n) is 11.0. The van der Waals surface area contributed by atoms with E-state index in [1.54, 1.807) is 0 Å². The Balaban J connectivity index is 1.42. The van der Waals surface area contributed by atoms with Crippen LogP contribution in [0.5, 0.6) is 0 Å². The van der Waals surface area contributed by atoms with Gasteiger partial charge in [0, 0.05) is 16.6 Å². The summed E-state index contributed by atoms with van der Waals surface area (Å²) in [6, 6.07) is 63.6. The third-order valence-corrected chi connectivity index (χ3v) is 8.43. The van der Waals surface area contributed by atoms with Gasteiger partial charge in [0.25, 0.3) is 0 Å². The Morgan fingerprint density at radius 3 is 1.65 bits per heavy atom. The molecule has 0 amide bonds. The van der Waals surface area contributed by atoms with E-state index in [2.05, 4.69) is 181 Å². The van der Waals surface area contributed by atoms with Crippen LogP contribution in [0.3, 0.4) is 0 Å². The van der Waals surface area contributed by atoms with Gasteiger partial charge in [-0.05, 0) is 74.0 Å². The van der Waals surface area contributed by atoms with Gasteiger partial charge in [0.1, 0.15) is 0 Å². The molecule has 0 aliphatic heterocycles. The van der Waals surface area contributed by atoms with Crippen molar-refractivity contribution >= 4 is 49.4 Å². The molecule has 43 heavy (non-hydrogen) atoms. The molecular weight excluding hydrogens is 518 g/mol. The van der Waals surface area contributed by atoms with Gasteiger partial charge in [0.15, 0.2) is 0 Å². The second-order valence-corrected chi connectivity index (χ2v) is 11.0. The van der Waals surface area contributed by atoms with Crippen LogP contribution in [0.2, 0.25) is 0 Å². The van der Waals surface area contributed by atoms with Crippen molar-refractivity contribution in [2.75, 3.05) is 4.90 Å². The number of anilines is 3. The highest BCUT2D eigenvalue weighted by atomic mass is 15.1. The highest BCUT2D eigenvalue weighted by Gasteiger charge is 2.21. The van der Waals surface area contributed by atoms with Crippen LogP contribution in [0.1, 0.15) is 0 Å². The molecule has 0 bridgehead atoms. The van der Waals surface area contributed by atoms with Crippen molar-refractivity contribution in [3.8, 4) is 22.3 Å². The minimum Gasteiger partial charge on any atom is -0.309 e. The van der Waals surface area contributed by atoms with Gasteiger partial charge < -0.3 is 4.90 Å². The Morgan fingerprint density at radius 2 is 0.860 bits per heavy atom. The zero-order valence-electron chi connectivity index (χ0n) is 23.7. The van der Waals surface area contributed by atoms with Crippen molar-refractivity contribution in [1.29, 1.82) is 0 Å². The molecule has 8 aromatic rings. The fourth-order valence-corrected chi connectivity index (χ4v) is 6.34. The zero-order valence-corrected chi connectivity index (χ0v) is 23.7. The van der Waals surface area contributed by atoms with E-state index >= 15 is 0 Å². The maximum Gasteiger partial charge on any atom is 0.0546 e. The molecule has 0 unspecified atom stereocenters. The normalized spacial score (nSPS) is 11.3. The zero-order chi connectivity index (χ0) is 28.6. The van der Waals surface area contributed by atoms with Crippen LogP contribution >= 0.6 is 0 Å². The first-order chi connectivity index (χ1) is 21.3. The summed E-state index contributed by atoms with van der Waals surface area (Å²) in [4.78, 5) is 2.44. The number of hydrogen-bond donors (Lipinski definition) is 0. The third-order valence-electron chi connectivity index (χ3n) is 8.43. The summed E-state index contributed by atoms with van der Waals surface area (Å²) < 4.78 is 0. The van der Waals surface area contributed by atoms with Gasteiger partial charge >= 0.3 is 0 Å². The predicted molar refractivity (Wildman–Crippen MR) is 185 cm³/mol. The van der Waals surface area contributed by atoms with E-state index in [9.17, 15) is 0 Å². The highest BCUT2D eigenvalue weighted by molar-refractivity contribution is 6.09. The van der Waals surface area contributed by atoms with E-state index in [-0.39, 0.29) is 0 Å².